The van der Waals surface area contributed by atoms with Gasteiger partial charge in [-0.3, -0.25) is 14.4 Å². The van der Waals surface area contributed by atoms with Gasteiger partial charge in [-0.15, -0.1) is 0 Å². The first-order valence-corrected chi connectivity index (χ1v) is 9.44. The molecule has 6 nitrogen and oxygen atoms in total. The number of nitrogens with zero attached hydrogens (tertiary/aromatic N) is 2. The van der Waals surface area contributed by atoms with Crippen LogP contribution in [0.15, 0.2) is 24.3 Å². The van der Waals surface area contributed by atoms with E-state index in [9.17, 15) is 14.4 Å². The second-order valence-electron chi connectivity index (χ2n) is 7.20. The summed E-state index contributed by atoms with van der Waals surface area (Å²) < 4.78 is 0. The lowest BCUT2D eigenvalue weighted by Gasteiger charge is -2.24. The van der Waals surface area contributed by atoms with Crippen LogP contribution in [0.25, 0.3) is 0 Å². The van der Waals surface area contributed by atoms with Crippen LogP contribution in [-0.2, 0) is 20.8 Å². The lowest BCUT2D eigenvalue weighted by Crippen LogP contribution is -2.46. The summed E-state index contributed by atoms with van der Waals surface area (Å²) in [7, 11) is 0. The third-order valence-electron chi connectivity index (χ3n) is 5.20. The van der Waals surface area contributed by atoms with Gasteiger partial charge in [0.05, 0.1) is 0 Å². The van der Waals surface area contributed by atoms with Gasteiger partial charge in [0.15, 0.2) is 0 Å². The van der Waals surface area contributed by atoms with Gasteiger partial charge in [-0.2, -0.15) is 0 Å². The van der Waals surface area contributed by atoms with E-state index >= 15 is 0 Å². The molecular weight excluding hydrogens is 330 g/mol. The third-order valence-corrected chi connectivity index (χ3v) is 5.20. The zero-order valence-corrected chi connectivity index (χ0v) is 15.4. The first kappa shape index (κ1) is 18.4. The average Bonchev–Trinajstić information content (AvgIpc) is 2.92. The Hall–Kier alpha value is -2.37. The molecule has 0 saturated carbocycles. The van der Waals surface area contributed by atoms with Crippen molar-refractivity contribution in [3.8, 4) is 0 Å². The summed E-state index contributed by atoms with van der Waals surface area (Å²) in [6, 6.07) is 7.89. The summed E-state index contributed by atoms with van der Waals surface area (Å²) in [5.74, 6) is 0.0879. The fourth-order valence-corrected chi connectivity index (χ4v) is 3.57. The van der Waals surface area contributed by atoms with Crippen LogP contribution >= 0.6 is 0 Å². The van der Waals surface area contributed by atoms with E-state index in [2.05, 4.69) is 36.5 Å². The van der Waals surface area contributed by atoms with Gasteiger partial charge in [0.25, 0.3) is 0 Å². The Balaban J connectivity index is 1.48. The molecule has 0 aliphatic carbocycles. The maximum absolute atomic E-state index is 12.5. The van der Waals surface area contributed by atoms with E-state index in [0.29, 0.717) is 45.4 Å². The predicted molar refractivity (Wildman–Crippen MR) is 98.4 cm³/mol. The smallest absolute Gasteiger partial charge is 0.245 e. The summed E-state index contributed by atoms with van der Waals surface area (Å²) in [5.41, 5.74) is 2.39. The van der Waals surface area contributed by atoms with Crippen LogP contribution in [0, 0.1) is 6.92 Å². The number of benzene rings is 1. The van der Waals surface area contributed by atoms with Gasteiger partial charge in [0.2, 0.25) is 17.7 Å². The third kappa shape index (κ3) is 4.62. The minimum atomic E-state index is -0.383. The van der Waals surface area contributed by atoms with Crippen molar-refractivity contribution >= 4 is 17.7 Å². The fourth-order valence-electron chi connectivity index (χ4n) is 3.57. The van der Waals surface area contributed by atoms with Crippen molar-refractivity contribution < 1.29 is 14.4 Å². The standard InChI is InChI=1S/C20H27N3O3/c1-15-3-5-16(6-4-15)7-10-19(25)22-11-2-12-23(14-13-22)20(26)17-8-9-18(24)21-17/h3-6,17H,2,7-14H2,1H3,(H,21,24). The van der Waals surface area contributed by atoms with Gasteiger partial charge in [0, 0.05) is 39.0 Å². The number of carbonyl (C=O) groups is 3. The molecule has 2 saturated heterocycles. The van der Waals surface area contributed by atoms with Gasteiger partial charge in [-0.05, 0) is 31.7 Å². The maximum atomic E-state index is 12.5. The SMILES string of the molecule is Cc1ccc(CCC(=O)N2CCCN(C(=O)C3CCC(=O)N3)CC2)cc1. The number of hydrogen-bond donors (Lipinski definition) is 1. The van der Waals surface area contributed by atoms with Crippen LogP contribution < -0.4 is 5.32 Å². The number of aryl methyl sites for hydroxylation is 2. The molecule has 2 heterocycles. The van der Waals surface area contributed by atoms with Gasteiger partial charge in [-0.1, -0.05) is 29.8 Å². The fraction of sp³-hybridized carbons (Fsp3) is 0.550. The molecule has 1 atom stereocenters. The molecular formula is C20H27N3O3. The van der Waals surface area contributed by atoms with E-state index in [1.54, 1.807) is 4.90 Å². The summed E-state index contributed by atoms with van der Waals surface area (Å²) >= 11 is 0. The molecule has 1 N–H and O–H groups in total. The van der Waals surface area contributed by atoms with Crippen molar-refractivity contribution in [1.29, 1.82) is 0 Å². The number of nitrogens with one attached hydrogen (secondary N) is 1. The highest BCUT2D eigenvalue weighted by molar-refractivity contribution is 5.90. The summed E-state index contributed by atoms with van der Waals surface area (Å²) in [5, 5.41) is 2.74. The van der Waals surface area contributed by atoms with Crippen LogP contribution in [-0.4, -0.2) is 59.7 Å². The number of carbonyl (C=O) groups excluding carboxylic acids is 3. The first-order valence-electron chi connectivity index (χ1n) is 9.44. The second kappa shape index (κ2) is 8.34. The lowest BCUT2D eigenvalue weighted by molar-refractivity contribution is -0.135. The molecule has 2 fully saturated rings. The van der Waals surface area contributed by atoms with Gasteiger partial charge >= 0.3 is 0 Å². The summed E-state index contributed by atoms with van der Waals surface area (Å²) in [4.78, 5) is 40.0. The Morgan fingerprint density at radius 3 is 2.46 bits per heavy atom. The van der Waals surface area contributed by atoms with E-state index in [0.717, 1.165) is 12.8 Å². The minimum Gasteiger partial charge on any atom is -0.344 e. The molecule has 0 spiro atoms. The Morgan fingerprint density at radius 1 is 1.08 bits per heavy atom. The Morgan fingerprint density at radius 2 is 1.77 bits per heavy atom. The second-order valence-corrected chi connectivity index (χ2v) is 7.20. The largest absolute Gasteiger partial charge is 0.344 e. The van der Waals surface area contributed by atoms with Crippen LogP contribution in [0.5, 0.6) is 0 Å². The first-order chi connectivity index (χ1) is 12.5. The van der Waals surface area contributed by atoms with Gasteiger partial charge in [-0.25, -0.2) is 0 Å². The Bertz CT molecular complexity index is 671. The van der Waals surface area contributed by atoms with Gasteiger partial charge in [0.1, 0.15) is 6.04 Å². The topological polar surface area (TPSA) is 69.7 Å². The van der Waals surface area contributed by atoms with E-state index in [1.165, 1.54) is 11.1 Å². The molecule has 0 radical (unpaired) electrons. The van der Waals surface area contributed by atoms with Crippen LogP contribution in [0.3, 0.4) is 0 Å². The van der Waals surface area contributed by atoms with Crippen molar-refractivity contribution in [2.24, 2.45) is 0 Å². The molecule has 0 bridgehead atoms. The molecule has 6 heteroatoms. The normalized spacial score (nSPS) is 20.7. The molecule has 0 aromatic heterocycles. The average molecular weight is 357 g/mol. The van der Waals surface area contributed by atoms with Crippen molar-refractivity contribution in [1.82, 2.24) is 15.1 Å². The highest BCUT2D eigenvalue weighted by atomic mass is 16.2. The summed E-state index contributed by atoms with van der Waals surface area (Å²) in [6.07, 6.45) is 3.02. The molecule has 3 amide bonds. The van der Waals surface area contributed by atoms with Crippen LogP contribution in [0.4, 0.5) is 0 Å². The zero-order chi connectivity index (χ0) is 18.5. The monoisotopic (exact) mass is 357 g/mol. The van der Waals surface area contributed by atoms with Crippen molar-refractivity contribution in [2.45, 2.75) is 45.1 Å². The molecule has 2 aliphatic rings. The number of rotatable bonds is 4. The molecule has 140 valence electrons. The lowest BCUT2D eigenvalue weighted by atomic mass is 10.1. The quantitative estimate of drug-likeness (QED) is 0.882. The van der Waals surface area contributed by atoms with E-state index in [1.807, 2.05) is 4.90 Å². The number of hydrogen-bond acceptors (Lipinski definition) is 3. The van der Waals surface area contributed by atoms with Gasteiger partial charge < -0.3 is 15.1 Å². The summed E-state index contributed by atoms with van der Waals surface area (Å²) in [6.45, 7) is 4.50. The molecule has 26 heavy (non-hydrogen) atoms. The zero-order valence-electron chi connectivity index (χ0n) is 15.4. The highest BCUT2D eigenvalue weighted by Gasteiger charge is 2.31. The molecule has 1 unspecified atom stereocenters. The molecule has 1 aromatic rings. The van der Waals surface area contributed by atoms with Crippen molar-refractivity contribution in [2.75, 3.05) is 26.2 Å². The van der Waals surface area contributed by atoms with Crippen molar-refractivity contribution in [3.05, 3.63) is 35.4 Å². The molecule has 1 aromatic carbocycles. The van der Waals surface area contributed by atoms with E-state index in [4.69, 9.17) is 0 Å². The van der Waals surface area contributed by atoms with E-state index < -0.39 is 0 Å². The van der Waals surface area contributed by atoms with Crippen molar-refractivity contribution in [3.63, 3.8) is 0 Å². The van der Waals surface area contributed by atoms with Crippen LogP contribution in [0.2, 0.25) is 0 Å². The highest BCUT2D eigenvalue weighted by Crippen LogP contribution is 2.13. The Kier molecular flexibility index (Phi) is 5.91. The molecule has 2 aliphatic heterocycles. The van der Waals surface area contributed by atoms with Crippen LogP contribution in [0.1, 0.15) is 36.8 Å². The molecule has 3 rings (SSSR count). The maximum Gasteiger partial charge on any atom is 0.245 e. The number of amides is 3. The minimum absolute atomic E-state index is 0.00944. The predicted octanol–water partition coefficient (Wildman–Crippen LogP) is 1.27. The Labute approximate surface area is 154 Å². The van der Waals surface area contributed by atoms with E-state index in [-0.39, 0.29) is 23.8 Å².